The van der Waals surface area contributed by atoms with E-state index in [1.807, 2.05) is 18.2 Å². The molecule has 0 N–H and O–H groups in total. The molecule has 0 atom stereocenters. The fraction of sp³-hybridized carbons (Fsp3) is 0.200. The molecule has 0 radical (unpaired) electrons. The monoisotopic (exact) mass is 319 g/mol. The van der Waals surface area contributed by atoms with E-state index in [9.17, 15) is 9.59 Å². The van der Waals surface area contributed by atoms with E-state index < -0.39 is 20.5 Å². The van der Waals surface area contributed by atoms with Crippen LogP contribution in [-0.2, 0) is 7.86 Å². The van der Waals surface area contributed by atoms with Crippen molar-refractivity contribution in [1.82, 2.24) is 3.11 Å². The molecule has 1 heterocycles. The molecule has 5 heteroatoms. The maximum absolute atomic E-state index is 11.8. The van der Waals surface area contributed by atoms with Crippen molar-refractivity contribution in [2.24, 2.45) is 0 Å². The molecule has 4 nitrogen and oxygen atoms in total. The molecular formula is C10H10INO3. The number of rotatable bonds is 1. The van der Waals surface area contributed by atoms with Crippen molar-refractivity contribution in [1.29, 1.82) is 0 Å². The molecule has 15 heavy (non-hydrogen) atoms. The number of amides is 1. The van der Waals surface area contributed by atoms with Crippen molar-refractivity contribution in [3.05, 3.63) is 33.4 Å². The second-order valence-corrected chi connectivity index (χ2v) is 7.43. The topological polar surface area (TPSA) is 46.6 Å². The Labute approximate surface area is 95.5 Å². The molecule has 0 fully saturated rings. The standard InChI is InChI=1S/C10H10INO3/c1-7(13)15-11-9-6-4-3-5-8(9)10(14)12(11)2/h3-6H,1-2H3. The maximum atomic E-state index is 11.8. The fourth-order valence-corrected chi connectivity index (χ4v) is 5.32. The molecule has 0 aliphatic carbocycles. The number of halogens is 1. The number of benzene rings is 1. The third-order valence-electron chi connectivity index (χ3n) is 1.97. The van der Waals surface area contributed by atoms with Gasteiger partial charge in [-0.2, -0.15) is 0 Å². The molecule has 1 amide bonds. The van der Waals surface area contributed by atoms with Crippen LogP contribution >= 0.6 is 20.5 Å². The predicted molar refractivity (Wildman–Crippen MR) is 63.0 cm³/mol. The Morgan fingerprint density at radius 1 is 1.40 bits per heavy atom. The van der Waals surface area contributed by atoms with E-state index in [1.165, 1.54) is 6.92 Å². The van der Waals surface area contributed by atoms with Gasteiger partial charge in [0.05, 0.1) is 0 Å². The van der Waals surface area contributed by atoms with Gasteiger partial charge in [0.15, 0.2) is 0 Å². The number of carbonyl (C=O) groups is 2. The van der Waals surface area contributed by atoms with Gasteiger partial charge in [-0.25, -0.2) is 0 Å². The van der Waals surface area contributed by atoms with Crippen molar-refractivity contribution in [2.75, 3.05) is 7.05 Å². The van der Waals surface area contributed by atoms with Crippen molar-refractivity contribution < 1.29 is 12.7 Å². The Morgan fingerprint density at radius 3 is 2.73 bits per heavy atom. The summed E-state index contributed by atoms with van der Waals surface area (Å²) in [4.78, 5) is 22.7. The quantitative estimate of drug-likeness (QED) is 0.586. The molecule has 0 saturated heterocycles. The summed E-state index contributed by atoms with van der Waals surface area (Å²) in [5.41, 5.74) is 0.673. The van der Waals surface area contributed by atoms with Crippen LogP contribution in [-0.4, -0.2) is 22.0 Å². The molecule has 80 valence electrons. The van der Waals surface area contributed by atoms with Gasteiger partial charge in [0.25, 0.3) is 0 Å². The van der Waals surface area contributed by atoms with Gasteiger partial charge in [0.1, 0.15) is 0 Å². The Hall–Kier alpha value is -1.11. The third-order valence-corrected chi connectivity index (χ3v) is 6.70. The zero-order valence-electron chi connectivity index (χ0n) is 8.36. The van der Waals surface area contributed by atoms with Crippen LogP contribution in [0, 0.1) is 3.57 Å². The van der Waals surface area contributed by atoms with Gasteiger partial charge in [0, 0.05) is 0 Å². The molecule has 0 saturated carbocycles. The first-order chi connectivity index (χ1) is 7.11. The van der Waals surface area contributed by atoms with Crippen LogP contribution in [0.2, 0.25) is 0 Å². The Balaban J connectivity index is 2.42. The van der Waals surface area contributed by atoms with Gasteiger partial charge in [-0.15, -0.1) is 0 Å². The van der Waals surface area contributed by atoms with Crippen LogP contribution in [0.4, 0.5) is 0 Å². The first-order valence-electron chi connectivity index (χ1n) is 4.37. The summed E-state index contributed by atoms with van der Waals surface area (Å²) in [6.45, 7) is 1.37. The Kier molecular flexibility index (Phi) is 2.64. The minimum atomic E-state index is -2.24. The molecular weight excluding hydrogens is 309 g/mol. The van der Waals surface area contributed by atoms with E-state index in [-0.39, 0.29) is 11.9 Å². The Bertz CT molecular complexity index is 432. The summed E-state index contributed by atoms with van der Waals surface area (Å²) in [6, 6.07) is 7.32. The third kappa shape index (κ3) is 1.71. The molecule has 0 unspecified atom stereocenters. The molecule has 1 aliphatic rings. The Morgan fingerprint density at radius 2 is 2.07 bits per heavy atom. The summed E-state index contributed by atoms with van der Waals surface area (Å²) in [6.07, 6.45) is 0. The van der Waals surface area contributed by atoms with Crippen LogP contribution < -0.4 is 0 Å². The summed E-state index contributed by atoms with van der Waals surface area (Å²) in [5.74, 6) is -0.367. The zero-order chi connectivity index (χ0) is 11.0. The van der Waals surface area contributed by atoms with Gasteiger partial charge in [-0.3, -0.25) is 0 Å². The first kappa shape index (κ1) is 10.4. The summed E-state index contributed by atoms with van der Waals surface area (Å²) in [7, 11) is 1.69. The number of carbonyl (C=O) groups excluding carboxylic acids is 2. The molecule has 0 aromatic heterocycles. The van der Waals surface area contributed by atoms with Crippen molar-refractivity contribution in [3.8, 4) is 0 Å². The van der Waals surface area contributed by atoms with Crippen molar-refractivity contribution in [2.45, 2.75) is 6.92 Å². The number of nitrogens with zero attached hydrogens (tertiary/aromatic N) is 1. The van der Waals surface area contributed by atoms with E-state index in [2.05, 4.69) is 0 Å². The molecule has 1 aromatic carbocycles. The van der Waals surface area contributed by atoms with Crippen LogP contribution in [0.5, 0.6) is 0 Å². The van der Waals surface area contributed by atoms with Gasteiger partial charge >= 0.3 is 95.5 Å². The average molecular weight is 319 g/mol. The summed E-state index contributed by atoms with van der Waals surface area (Å²) in [5, 5.41) is 0. The number of fused-ring (bicyclic) bond motifs is 1. The summed E-state index contributed by atoms with van der Waals surface area (Å²) >= 11 is -2.24. The second-order valence-electron chi connectivity index (χ2n) is 3.06. The van der Waals surface area contributed by atoms with Gasteiger partial charge in [-0.05, 0) is 0 Å². The summed E-state index contributed by atoms with van der Waals surface area (Å²) < 4.78 is 7.73. The van der Waals surface area contributed by atoms with E-state index in [4.69, 9.17) is 3.07 Å². The van der Waals surface area contributed by atoms with Crippen molar-refractivity contribution in [3.63, 3.8) is 0 Å². The molecule has 0 bridgehead atoms. The first-order valence-corrected chi connectivity index (χ1v) is 7.30. The number of hydrogen-bond acceptors (Lipinski definition) is 3. The van der Waals surface area contributed by atoms with Gasteiger partial charge in [0.2, 0.25) is 0 Å². The zero-order valence-corrected chi connectivity index (χ0v) is 10.5. The molecule has 1 aliphatic heterocycles. The number of hydrogen-bond donors (Lipinski definition) is 0. The van der Waals surface area contributed by atoms with Crippen molar-refractivity contribution >= 4 is 32.4 Å². The van der Waals surface area contributed by atoms with Crippen LogP contribution in [0.1, 0.15) is 17.3 Å². The van der Waals surface area contributed by atoms with Crippen LogP contribution in [0.3, 0.4) is 0 Å². The SMILES string of the molecule is CC(=O)OI1c2ccccc2C(=O)N1C. The predicted octanol–water partition coefficient (Wildman–Crippen LogP) is 1.84. The van der Waals surface area contributed by atoms with E-state index in [1.54, 1.807) is 16.2 Å². The second kappa shape index (κ2) is 3.80. The average Bonchev–Trinajstić information content (AvgIpc) is 2.44. The fourth-order valence-electron chi connectivity index (χ4n) is 1.34. The van der Waals surface area contributed by atoms with Crippen LogP contribution in [0.15, 0.2) is 24.3 Å². The van der Waals surface area contributed by atoms with E-state index >= 15 is 0 Å². The van der Waals surface area contributed by atoms with Crippen LogP contribution in [0.25, 0.3) is 0 Å². The molecule has 0 spiro atoms. The van der Waals surface area contributed by atoms with Gasteiger partial charge in [-0.1, -0.05) is 0 Å². The normalized spacial score (nSPS) is 16.5. The molecule has 2 rings (SSSR count). The van der Waals surface area contributed by atoms with E-state index in [0.29, 0.717) is 5.56 Å². The minimum absolute atomic E-state index is 0.0444. The molecule has 1 aromatic rings. The van der Waals surface area contributed by atoms with E-state index in [0.717, 1.165) is 3.57 Å². The van der Waals surface area contributed by atoms with Gasteiger partial charge < -0.3 is 0 Å².